The van der Waals surface area contributed by atoms with Gasteiger partial charge in [-0.15, -0.1) is 0 Å². The molecule has 1 fully saturated rings. The summed E-state index contributed by atoms with van der Waals surface area (Å²) in [5.41, 5.74) is 5.54. The number of rotatable bonds is 3. The van der Waals surface area contributed by atoms with Gasteiger partial charge in [-0.3, -0.25) is 4.79 Å². The molecule has 1 saturated heterocycles. The highest BCUT2D eigenvalue weighted by molar-refractivity contribution is 5.91. The lowest BCUT2D eigenvalue weighted by atomic mass is 9.95. The Morgan fingerprint density at radius 1 is 1.20 bits per heavy atom. The van der Waals surface area contributed by atoms with E-state index < -0.39 is 17.4 Å². The zero-order valence-electron chi connectivity index (χ0n) is 12.5. The zero-order chi connectivity index (χ0) is 15.3. The molecule has 0 aromatic heterocycles. The highest BCUT2D eigenvalue weighted by Crippen LogP contribution is 2.25. The van der Waals surface area contributed by atoms with E-state index in [2.05, 4.69) is 4.74 Å². The molecule has 0 aliphatic carbocycles. The maximum Gasteiger partial charge on any atom is 0.375 e. The summed E-state index contributed by atoms with van der Waals surface area (Å²) in [7, 11) is 1.23. The first-order valence-electron chi connectivity index (χ1n) is 6.65. The summed E-state index contributed by atoms with van der Waals surface area (Å²) in [5, 5.41) is 0. The standard InChI is InChI=1S/C14H23NO5/c1-14(2,3)13(17)20-11(12(16)18-4)10(15)9-5-7-19-8-6-9/h9H,5-8,15H2,1-4H3/b11-10+. The Labute approximate surface area is 119 Å². The van der Waals surface area contributed by atoms with E-state index in [-0.39, 0.29) is 17.4 Å². The zero-order valence-corrected chi connectivity index (χ0v) is 12.5. The third-order valence-corrected chi connectivity index (χ3v) is 3.10. The summed E-state index contributed by atoms with van der Waals surface area (Å²) in [6, 6.07) is 0. The van der Waals surface area contributed by atoms with Crippen molar-refractivity contribution >= 4 is 11.9 Å². The van der Waals surface area contributed by atoms with Gasteiger partial charge in [-0.25, -0.2) is 4.79 Å². The number of hydrogen-bond acceptors (Lipinski definition) is 6. The summed E-state index contributed by atoms with van der Waals surface area (Å²) in [6.07, 6.45) is 1.39. The van der Waals surface area contributed by atoms with Gasteiger partial charge in [-0.05, 0) is 33.6 Å². The maximum atomic E-state index is 11.9. The predicted molar refractivity (Wildman–Crippen MR) is 72.3 cm³/mol. The van der Waals surface area contributed by atoms with Gasteiger partial charge in [0.15, 0.2) is 0 Å². The van der Waals surface area contributed by atoms with Crippen LogP contribution in [0.3, 0.4) is 0 Å². The Morgan fingerprint density at radius 2 is 1.75 bits per heavy atom. The van der Waals surface area contributed by atoms with Crippen molar-refractivity contribution in [3.63, 3.8) is 0 Å². The number of carbonyl (C=O) groups excluding carboxylic acids is 2. The molecule has 20 heavy (non-hydrogen) atoms. The summed E-state index contributed by atoms with van der Waals surface area (Å²) < 4.78 is 15.1. The van der Waals surface area contributed by atoms with Crippen molar-refractivity contribution in [2.75, 3.05) is 20.3 Å². The minimum Gasteiger partial charge on any atom is -0.463 e. The van der Waals surface area contributed by atoms with Crippen molar-refractivity contribution in [3.8, 4) is 0 Å². The Bertz CT molecular complexity index is 402. The summed E-state index contributed by atoms with van der Waals surface area (Å²) in [4.78, 5) is 23.7. The normalized spacial score (nSPS) is 18.2. The van der Waals surface area contributed by atoms with E-state index in [9.17, 15) is 9.59 Å². The van der Waals surface area contributed by atoms with E-state index in [4.69, 9.17) is 15.2 Å². The predicted octanol–water partition coefficient (Wildman–Crippen LogP) is 1.35. The van der Waals surface area contributed by atoms with Gasteiger partial charge >= 0.3 is 11.9 Å². The fraction of sp³-hybridized carbons (Fsp3) is 0.714. The molecule has 1 aliphatic rings. The van der Waals surface area contributed by atoms with Gasteiger partial charge in [-0.2, -0.15) is 0 Å². The first-order valence-corrected chi connectivity index (χ1v) is 6.65. The molecule has 0 amide bonds. The Morgan fingerprint density at radius 3 is 2.20 bits per heavy atom. The monoisotopic (exact) mass is 285 g/mol. The lowest BCUT2D eigenvalue weighted by molar-refractivity contribution is -0.155. The molecule has 1 heterocycles. The summed E-state index contributed by atoms with van der Waals surface area (Å²) >= 11 is 0. The molecular weight excluding hydrogens is 262 g/mol. The molecular formula is C14H23NO5. The van der Waals surface area contributed by atoms with E-state index >= 15 is 0 Å². The van der Waals surface area contributed by atoms with Crippen LogP contribution in [0.1, 0.15) is 33.6 Å². The minimum atomic E-state index is -0.730. The summed E-state index contributed by atoms with van der Waals surface area (Å²) in [5.74, 6) is -1.48. The molecule has 0 aromatic rings. The molecule has 114 valence electrons. The third-order valence-electron chi connectivity index (χ3n) is 3.10. The third kappa shape index (κ3) is 4.23. The second kappa shape index (κ2) is 6.74. The molecule has 0 aromatic carbocycles. The second-order valence-electron chi connectivity index (χ2n) is 5.80. The van der Waals surface area contributed by atoms with Crippen LogP contribution in [0.2, 0.25) is 0 Å². The van der Waals surface area contributed by atoms with Crippen LogP contribution in [0.4, 0.5) is 0 Å². The van der Waals surface area contributed by atoms with E-state index in [0.717, 1.165) is 0 Å². The van der Waals surface area contributed by atoms with Crippen LogP contribution in [0.25, 0.3) is 0 Å². The van der Waals surface area contributed by atoms with E-state index in [1.807, 2.05) is 0 Å². The first kappa shape index (κ1) is 16.5. The average molecular weight is 285 g/mol. The van der Waals surface area contributed by atoms with Crippen molar-refractivity contribution in [1.82, 2.24) is 0 Å². The van der Waals surface area contributed by atoms with Gasteiger partial charge in [0, 0.05) is 19.1 Å². The lowest BCUT2D eigenvalue weighted by Crippen LogP contribution is -2.30. The fourth-order valence-corrected chi connectivity index (χ4v) is 1.75. The molecule has 0 bridgehead atoms. The number of esters is 2. The molecule has 0 atom stereocenters. The lowest BCUT2D eigenvalue weighted by Gasteiger charge is -2.24. The van der Waals surface area contributed by atoms with Crippen LogP contribution in [-0.2, 0) is 23.8 Å². The Hall–Kier alpha value is -1.56. The SMILES string of the molecule is COC(=O)/C(OC(=O)C(C)(C)C)=C(\N)C1CCOCC1. The minimum absolute atomic E-state index is 0.0365. The van der Waals surface area contributed by atoms with Crippen LogP contribution < -0.4 is 5.73 Å². The average Bonchev–Trinajstić information content (AvgIpc) is 2.42. The van der Waals surface area contributed by atoms with Crippen molar-refractivity contribution in [2.45, 2.75) is 33.6 Å². The van der Waals surface area contributed by atoms with Crippen LogP contribution in [0.15, 0.2) is 11.5 Å². The molecule has 0 spiro atoms. The van der Waals surface area contributed by atoms with Gasteiger partial charge < -0.3 is 19.9 Å². The number of ether oxygens (including phenoxy) is 3. The Balaban J connectivity index is 2.98. The second-order valence-corrected chi connectivity index (χ2v) is 5.80. The van der Waals surface area contributed by atoms with Crippen LogP contribution >= 0.6 is 0 Å². The number of allylic oxidation sites excluding steroid dienone is 1. The van der Waals surface area contributed by atoms with Gasteiger partial charge in [0.25, 0.3) is 0 Å². The van der Waals surface area contributed by atoms with Crippen LogP contribution in [-0.4, -0.2) is 32.3 Å². The smallest absolute Gasteiger partial charge is 0.375 e. The van der Waals surface area contributed by atoms with Crippen LogP contribution in [0, 0.1) is 11.3 Å². The van der Waals surface area contributed by atoms with Crippen LogP contribution in [0.5, 0.6) is 0 Å². The highest BCUT2D eigenvalue weighted by atomic mass is 16.6. The Kier molecular flexibility index (Phi) is 5.56. The molecule has 0 saturated carbocycles. The number of methoxy groups -OCH3 is 1. The van der Waals surface area contributed by atoms with Crippen molar-refractivity contribution < 1.29 is 23.8 Å². The molecule has 0 radical (unpaired) electrons. The molecule has 1 aliphatic heterocycles. The molecule has 0 unspecified atom stereocenters. The molecule has 2 N–H and O–H groups in total. The van der Waals surface area contributed by atoms with Gasteiger partial charge in [-0.1, -0.05) is 0 Å². The fourth-order valence-electron chi connectivity index (χ4n) is 1.75. The van der Waals surface area contributed by atoms with Crippen molar-refractivity contribution in [2.24, 2.45) is 17.1 Å². The van der Waals surface area contributed by atoms with E-state index in [1.54, 1.807) is 20.8 Å². The number of hydrogen-bond donors (Lipinski definition) is 1. The highest BCUT2D eigenvalue weighted by Gasteiger charge is 2.31. The van der Waals surface area contributed by atoms with Crippen molar-refractivity contribution in [1.29, 1.82) is 0 Å². The molecule has 1 rings (SSSR count). The van der Waals surface area contributed by atoms with Gasteiger partial charge in [0.1, 0.15) is 0 Å². The first-order chi connectivity index (χ1) is 9.27. The van der Waals surface area contributed by atoms with E-state index in [0.29, 0.717) is 26.1 Å². The number of carbonyl (C=O) groups is 2. The molecule has 6 heteroatoms. The number of nitrogens with two attached hydrogens (primary N) is 1. The largest absolute Gasteiger partial charge is 0.463 e. The van der Waals surface area contributed by atoms with Crippen molar-refractivity contribution in [3.05, 3.63) is 11.5 Å². The topological polar surface area (TPSA) is 87.9 Å². The van der Waals surface area contributed by atoms with Gasteiger partial charge in [0.2, 0.25) is 5.76 Å². The maximum absolute atomic E-state index is 11.9. The summed E-state index contributed by atoms with van der Waals surface area (Å²) in [6.45, 7) is 6.26. The quantitative estimate of drug-likeness (QED) is 0.478. The van der Waals surface area contributed by atoms with E-state index in [1.165, 1.54) is 7.11 Å². The van der Waals surface area contributed by atoms with Gasteiger partial charge in [0.05, 0.1) is 18.2 Å². The molecule has 6 nitrogen and oxygen atoms in total.